The molecule has 0 aliphatic carbocycles. The Morgan fingerprint density at radius 2 is 1.69 bits per heavy atom. The Balaban J connectivity index is 1.69. The molecule has 1 aliphatic heterocycles. The van der Waals surface area contributed by atoms with Crippen LogP contribution >= 0.6 is 0 Å². The number of methoxy groups -OCH3 is 2. The minimum absolute atomic E-state index is 0.0174. The summed E-state index contributed by atoms with van der Waals surface area (Å²) in [6.07, 6.45) is 5.43. The number of hydrogen-bond donors (Lipinski definition) is 0. The molecular formula is C25H28N4O3. The number of hydrogen-bond acceptors (Lipinski definition) is 5. The Bertz CT molecular complexity index is 1100. The molecule has 166 valence electrons. The Hall–Kier alpha value is -3.58. The predicted molar refractivity (Wildman–Crippen MR) is 125 cm³/mol. The Kier molecular flexibility index (Phi) is 6.56. The van der Waals surface area contributed by atoms with E-state index in [0.29, 0.717) is 11.5 Å². The van der Waals surface area contributed by atoms with Crippen LogP contribution in [0.2, 0.25) is 0 Å². The highest BCUT2D eigenvalue weighted by molar-refractivity contribution is 5.93. The molecule has 0 N–H and O–H groups in total. The van der Waals surface area contributed by atoms with E-state index in [4.69, 9.17) is 14.6 Å². The molecule has 4 rings (SSSR count). The minimum atomic E-state index is 0.0174. The van der Waals surface area contributed by atoms with Crippen molar-refractivity contribution >= 4 is 12.0 Å². The Morgan fingerprint density at radius 1 is 0.969 bits per heavy atom. The molecule has 0 spiro atoms. The van der Waals surface area contributed by atoms with E-state index >= 15 is 0 Å². The molecule has 0 saturated carbocycles. The molecule has 7 nitrogen and oxygen atoms in total. The summed E-state index contributed by atoms with van der Waals surface area (Å²) in [4.78, 5) is 16.9. The third-order valence-corrected chi connectivity index (χ3v) is 5.64. The van der Waals surface area contributed by atoms with Gasteiger partial charge in [0.15, 0.2) is 11.5 Å². The predicted octanol–water partition coefficient (Wildman–Crippen LogP) is 3.34. The van der Waals surface area contributed by atoms with Crippen LogP contribution in [0.15, 0.2) is 60.8 Å². The summed E-state index contributed by atoms with van der Waals surface area (Å²) in [7, 11) is 5.30. The maximum Gasteiger partial charge on any atom is 0.246 e. The van der Waals surface area contributed by atoms with Crippen molar-refractivity contribution in [2.45, 2.75) is 0 Å². The summed E-state index contributed by atoms with van der Waals surface area (Å²) < 4.78 is 12.7. The fraction of sp³-hybridized carbons (Fsp3) is 0.280. The smallest absolute Gasteiger partial charge is 0.246 e. The molecule has 2 heterocycles. The van der Waals surface area contributed by atoms with E-state index in [1.807, 2.05) is 70.4 Å². The number of rotatable bonds is 6. The maximum atomic E-state index is 12.7. The molecule has 1 amide bonds. The molecule has 1 aromatic heterocycles. The molecule has 0 atom stereocenters. The van der Waals surface area contributed by atoms with Crippen LogP contribution in [-0.2, 0) is 4.79 Å². The van der Waals surface area contributed by atoms with Gasteiger partial charge >= 0.3 is 0 Å². The van der Waals surface area contributed by atoms with Crippen LogP contribution in [0.3, 0.4) is 0 Å². The van der Waals surface area contributed by atoms with Crippen molar-refractivity contribution in [2.24, 2.45) is 0 Å². The standard InChI is InChI=1S/C25H28N4O3/c1-27-13-15-28(16-14-27)24(30)12-10-20-18-29(21-7-5-4-6-8-21)26-25(20)19-9-11-22(31-2)23(17-19)32-3/h4-12,17-18H,13-16H2,1-3H3/b12-10+. The molecule has 1 fully saturated rings. The van der Waals surface area contributed by atoms with Crippen molar-refractivity contribution in [2.75, 3.05) is 47.4 Å². The fourth-order valence-electron chi connectivity index (χ4n) is 3.72. The number of carbonyl (C=O) groups is 1. The van der Waals surface area contributed by atoms with Gasteiger partial charge in [-0.25, -0.2) is 4.68 Å². The number of likely N-dealkylation sites (N-methyl/N-ethyl adjacent to an activating group) is 1. The molecule has 32 heavy (non-hydrogen) atoms. The highest BCUT2D eigenvalue weighted by Gasteiger charge is 2.18. The van der Waals surface area contributed by atoms with Crippen LogP contribution in [0, 0.1) is 0 Å². The number of piperazine rings is 1. The summed E-state index contributed by atoms with van der Waals surface area (Å²) in [6.45, 7) is 3.27. The van der Waals surface area contributed by atoms with Crippen molar-refractivity contribution in [1.82, 2.24) is 19.6 Å². The van der Waals surface area contributed by atoms with Crippen LogP contribution in [0.4, 0.5) is 0 Å². The summed E-state index contributed by atoms with van der Waals surface area (Å²) in [5, 5.41) is 4.82. The highest BCUT2D eigenvalue weighted by atomic mass is 16.5. The Morgan fingerprint density at radius 3 is 2.38 bits per heavy atom. The quantitative estimate of drug-likeness (QED) is 0.559. The van der Waals surface area contributed by atoms with Crippen molar-refractivity contribution in [3.05, 3.63) is 66.4 Å². The van der Waals surface area contributed by atoms with E-state index in [9.17, 15) is 4.79 Å². The molecular weight excluding hydrogens is 404 g/mol. The number of nitrogens with zero attached hydrogens (tertiary/aromatic N) is 4. The van der Waals surface area contributed by atoms with Gasteiger partial charge in [-0.05, 0) is 43.5 Å². The first-order valence-electron chi connectivity index (χ1n) is 10.6. The van der Waals surface area contributed by atoms with Crippen molar-refractivity contribution in [3.63, 3.8) is 0 Å². The van der Waals surface area contributed by atoms with Gasteiger partial charge in [-0.1, -0.05) is 18.2 Å². The van der Waals surface area contributed by atoms with Crippen LogP contribution < -0.4 is 9.47 Å². The van der Waals surface area contributed by atoms with Gasteiger partial charge in [-0.2, -0.15) is 5.10 Å². The zero-order valence-electron chi connectivity index (χ0n) is 18.7. The van der Waals surface area contributed by atoms with Gasteiger partial charge in [0.25, 0.3) is 0 Å². The van der Waals surface area contributed by atoms with E-state index < -0.39 is 0 Å². The second kappa shape index (κ2) is 9.70. The first-order valence-corrected chi connectivity index (χ1v) is 10.6. The van der Waals surface area contributed by atoms with E-state index in [2.05, 4.69) is 11.9 Å². The van der Waals surface area contributed by atoms with E-state index in [-0.39, 0.29) is 5.91 Å². The molecule has 0 radical (unpaired) electrons. The summed E-state index contributed by atoms with van der Waals surface area (Å²) in [6, 6.07) is 15.6. The molecule has 0 bridgehead atoms. The van der Waals surface area contributed by atoms with Crippen molar-refractivity contribution in [3.8, 4) is 28.4 Å². The van der Waals surface area contributed by atoms with Gasteiger partial charge in [0.05, 0.1) is 19.9 Å². The third-order valence-electron chi connectivity index (χ3n) is 5.64. The van der Waals surface area contributed by atoms with E-state index in [0.717, 1.165) is 48.7 Å². The fourth-order valence-corrected chi connectivity index (χ4v) is 3.72. The Labute approximate surface area is 188 Å². The normalized spacial score (nSPS) is 14.7. The van der Waals surface area contributed by atoms with Crippen LogP contribution in [-0.4, -0.2) is 72.9 Å². The molecule has 1 aliphatic rings. The first kappa shape index (κ1) is 21.6. The molecule has 3 aromatic rings. The van der Waals surface area contributed by atoms with Gasteiger partial charge in [0.1, 0.15) is 5.69 Å². The number of amides is 1. The van der Waals surface area contributed by atoms with Crippen LogP contribution in [0.1, 0.15) is 5.56 Å². The van der Waals surface area contributed by atoms with Crippen molar-refractivity contribution in [1.29, 1.82) is 0 Å². The monoisotopic (exact) mass is 432 g/mol. The third kappa shape index (κ3) is 4.68. The van der Waals surface area contributed by atoms with Gasteiger partial charge < -0.3 is 19.3 Å². The van der Waals surface area contributed by atoms with E-state index in [1.54, 1.807) is 20.3 Å². The first-order chi connectivity index (χ1) is 15.6. The topological polar surface area (TPSA) is 59.8 Å². The second-order valence-electron chi connectivity index (χ2n) is 7.74. The molecule has 2 aromatic carbocycles. The molecule has 7 heteroatoms. The second-order valence-corrected chi connectivity index (χ2v) is 7.74. The van der Waals surface area contributed by atoms with Crippen LogP contribution in [0.5, 0.6) is 11.5 Å². The highest BCUT2D eigenvalue weighted by Crippen LogP contribution is 2.33. The van der Waals surface area contributed by atoms with Gasteiger partial charge in [0.2, 0.25) is 5.91 Å². The summed E-state index contributed by atoms with van der Waals surface area (Å²) in [5.74, 6) is 1.30. The van der Waals surface area contributed by atoms with Crippen LogP contribution in [0.25, 0.3) is 23.0 Å². The lowest BCUT2D eigenvalue weighted by molar-refractivity contribution is -0.127. The summed E-state index contributed by atoms with van der Waals surface area (Å²) >= 11 is 0. The van der Waals surface area contributed by atoms with Gasteiger partial charge in [0, 0.05) is 49.6 Å². The lowest BCUT2D eigenvalue weighted by atomic mass is 10.1. The number of benzene rings is 2. The summed E-state index contributed by atoms with van der Waals surface area (Å²) in [5.41, 5.74) is 3.43. The molecule has 1 saturated heterocycles. The number of para-hydroxylation sites is 1. The largest absolute Gasteiger partial charge is 0.493 e. The zero-order chi connectivity index (χ0) is 22.5. The van der Waals surface area contributed by atoms with Gasteiger partial charge in [-0.15, -0.1) is 0 Å². The van der Waals surface area contributed by atoms with E-state index in [1.165, 1.54) is 0 Å². The van der Waals surface area contributed by atoms with Gasteiger partial charge in [-0.3, -0.25) is 4.79 Å². The number of aromatic nitrogens is 2. The number of ether oxygens (including phenoxy) is 2. The average Bonchev–Trinajstić information content (AvgIpc) is 3.27. The maximum absolute atomic E-state index is 12.7. The van der Waals surface area contributed by atoms with Crippen molar-refractivity contribution < 1.29 is 14.3 Å². The zero-order valence-corrected chi connectivity index (χ0v) is 18.7. The SMILES string of the molecule is COc1ccc(-c2nn(-c3ccccc3)cc2/C=C/C(=O)N2CCN(C)CC2)cc1OC. The lowest BCUT2D eigenvalue weighted by Gasteiger charge is -2.31. The average molecular weight is 433 g/mol. The minimum Gasteiger partial charge on any atom is -0.493 e. The molecule has 0 unspecified atom stereocenters. The lowest BCUT2D eigenvalue weighted by Crippen LogP contribution is -2.46. The number of carbonyl (C=O) groups excluding carboxylic acids is 1.